The molecule has 1 aromatic carbocycles. The summed E-state index contributed by atoms with van der Waals surface area (Å²) in [6, 6.07) is 6.69. The van der Waals surface area contributed by atoms with E-state index in [2.05, 4.69) is 49.2 Å². The molecule has 118 valence electrons. The van der Waals surface area contributed by atoms with Gasteiger partial charge in [-0.1, -0.05) is 23.8 Å². The number of benzene rings is 1. The van der Waals surface area contributed by atoms with E-state index in [4.69, 9.17) is 4.99 Å². The zero-order valence-electron chi connectivity index (χ0n) is 13.5. The highest BCUT2D eigenvalue weighted by Gasteiger charge is 2.15. The molecule has 0 aliphatic carbocycles. The number of hydrogen-bond donors (Lipinski definition) is 1. The van der Waals surface area contributed by atoms with Gasteiger partial charge in [0.15, 0.2) is 5.96 Å². The van der Waals surface area contributed by atoms with E-state index in [0.717, 1.165) is 38.6 Å². The number of halogens is 1. The Balaban J connectivity index is 0.00000220. The van der Waals surface area contributed by atoms with Crippen molar-refractivity contribution in [3.63, 3.8) is 0 Å². The lowest BCUT2D eigenvalue weighted by molar-refractivity contribution is 0.494. The second-order valence-electron chi connectivity index (χ2n) is 5.61. The van der Waals surface area contributed by atoms with E-state index >= 15 is 0 Å². The van der Waals surface area contributed by atoms with Gasteiger partial charge in [-0.25, -0.2) is 0 Å². The lowest BCUT2D eigenvalue weighted by Crippen LogP contribution is -2.39. The van der Waals surface area contributed by atoms with Crippen molar-refractivity contribution in [3.05, 3.63) is 34.9 Å². The largest absolute Gasteiger partial charge is 0.357 e. The van der Waals surface area contributed by atoms with Gasteiger partial charge in [0.25, 0.3) is 0 Å². The third-order valence-corrected chi connectivity index (χ3v) is 3.88. The highest BCUT2D eigenvalue weighted by Crippen LogP contribution is 2.12. The topological polar surface area (TPSA) is 27.6 Å². The molecule has 0 bridgehead atoms. The monoisotopic (exact) mass is 401 g/mol. The normalized spacial score (nSPS) is 15.0. The minimum Gasteiger partial charge on any atom is -0.357 e. The van der Waals surface area contributed by atoms with E-state index in [1.54, 1.807) is 0 Å². The van der Waals surface area contributed by atoms with Crippen LogP contribution in [0.1, 0.15) is 36.5 Å². The summed E-state index contributed by atoms with van der Waals surface area (Å²) in [5.74, 6) is 1.09. The predicted octanol–water partition coefficient (Wildman–Crippen LogP) is 3.53. The lowest BCUT2D eigenvalue weighted by Gasteiger charge is -2.20. The number of aliphatic imine (C=N–C) groups is 1. The van der Waals surface area contributed by atoms with Crippen molar-refractivity contribution in [2.45, 2.75) is 40.0 Å². The van der Waals surface area contributed by atoms with Crippen molar-refractivity contribution >= 4 is 29.9 Å². The summed E-state index contributed by atoms with van der Waals surface area (Å²) in [6.07, 6.45) is 3.61. The number of rotatable bonds is 4. The van der Waals surface area contributed by atoms with Crippen molar-refractivity contribution in [2.24, 2.45) is 4.99 Å². The maximum atomic E-state index is 4.79. The Morgan fingerprint density at radius 2 is 1.95 bits per heavy atom. The maximum absolute atomic E-state index is 4.79. The average Bonchev–Trinajstić information content (AvgIpc) is 2.94. The van der Waals surface area contributed by atoms with Crippen LogP contribution >= 0.6 is 24.0 Å². The molecule has 1 N–H and O–H groups in total. The van der Waals surface area contributed by atoms with Crippen LogP contribution in [-0.4, -0.2) is 37.0 Å². The van der Waals surface area contributed by atoms with Crippen LogP contribution in [0.3, 0.4) is 0 Å². The predicted molar refractivity (Wildman–Crippen MR) is 102 cm³/mol. The summed E-state index contributed by atoms with van der Waals surface area (Å²) >= 11 is 0. The van der Waals surface area contributed by atoms with Crippen molar-refractivity contribution in [2.75, 3.05) is 26.2 Å². The fourth-order valence-electron chi connectivity index (χ4n) is 2.76. The van der Waals surface area contributed by atoms with E-state index in [1.165, 1.54) is 29.5 Å². The third-order valence-electron chi connectivity index (χ3n) is 3.88. The molecule has 0 radical (unpaired) electrons. The Labute approximate surface area is 146 Å². The lowest BCUT2D eigenvalue weighted by atomic mass is 10.0. The molecule has 21 heavy (non-hydrogen) atoms. The molecule has 1 aromatic rings. The molecule has 1 aliphatic rings. The van der Waals surface area contributed by atoms with Gasteiger partial charge in [-0.2, -0.15) is 0 Å². The summed E-state index contributed by atoms with van der Waals surface area (Å²) in [7, 11) is 0. The van der Waals surface area contributed by atoms with Crippen LogP contribution in [0, 0.1) is 13.8 Å². The molecule has 0 spiro atoms. The number of nitrogens with zero attached hydrogens (tertiary/aromatic N) is 2. The van der Waals surface area contributed by atoms with E-state index in [9.17, 15) is 0 Å². The molecule has 0 saturated carbocycles. The second kappa shape index (κ2) is 9.28. The van der Waals surface area contributed by atoms with Gasteiger partial charge in [0.1, 0.15) is 0 Å². The molecule has 0 aromatic heterocycles. The van der Waals surface area contributed by atoms with Gasteiger partial charge >= 0.3 is 0 Å². The van der Waals surface area contributed by atoms with Gasteiger partial charge in [0, 0.05) is 26.2 Å². The van der Waals surface area contributed by atoms with Crippen molar-refractivity contribution in [3.8, 4) is 0 Å². The fraction of sp³-hybridized carbons (Fsp3) is 0.588. The quantitative estimate of drug-likeness (QED) is 0.475. The minimum absolute atomic E-state index is 0. The number of aryl methyl sites for hydroxylation is 2. The zero-order chi connectivity index (χ0) is 14.4. The summed E-state index contributed by atoms with van der Waals surface area (Å²) in [4.78, 5) is 7.17. The van der Waals surface area contributed by atoms with Gasteiger partial charge in [-0.05, 0) is 51.2 Å². The third kappa shape index (κ3) is 5.49. The first-order valence-electron chi connectivity index (χ1n) is 7.80. The Morgan fingerprint density at radius 3 is 2.57 bits per heavy atom. The Kier molecular flexibility index (Phi) is 8.07. The first kappa shape index (κ1) is 18.3. The molecular formula is C17H28IN3. The van der Waals surface area contributed by atoms with E-state index < -0.39 is 0 Å². The van der Waals surface area contributed by atoms with Gasteiger partial charge in [-0.3, -0.25) is 4.99 Å². The highest BCUT2D eigenvalue weighted by atomic mass is 127. The summed E-state index contributed by atoms with van der Waals surface area (Å²) in [6.45, 7) is 10.6. The summed E-state index contributed by atoms with van der Waals surface area (Å²) in [5, 5.41) is 3.41. The molecule has 1 aliphatic heterocycles. The first-order chi connectivity index (χ1) is 9.70. The molecular weight excluding hydrogens is 373 g/mol. The second-order valence-corrected chi connectivity index (χ2v) is 5.61. The molecule has 0 amide bonds. The number of hydrogen-bond acceptors (Lipinski definition) is 1. The maximum Gasteiger partial charge on any atom is 0.193 e. The molecule has 2 rings (SSSR count). The van der Waals surface area contributed by atoms with E-state index in [1.807, 2.05) is 0 Å². The van der Waals surface area contributed by atoms with Gasteiger partial charge < -0.3 is 10.2 Å². The van der Waals surface area contributed by atoms with Crippen LogP contribution in [0.4, 0.5) is 0 Å². The highest BCUT2D eigenvalue weighted by molar-refractivity contribution is 14.0. The van der Waals surface area contributed by atoms with Gasteiger partial charge in [-0.15, -0.1) is 24.0 Å². The van der Waals surface area contributed by atoms with Crippen LogP contribution in [0.2, 0.25) is 0 Å². The van der Waals surface area contributed by atoms with E-state index in [0.29, 0.717) is 0 Å². The van der Waals surface area contributed by atoms with Crippen LogP contribution in [0.15, 0.2) is 23.2 Å². The number of guanidine groups is 1. The SMILES string of the molecule is CCNC(=NCCc1ccc(C)cc1C)N1CCCC1.I. The van der Waals surface area contributed by atoms with Crippen LogP contribution in [-0.2, 0) is 6.42 Å². The number of likely N-dealkylation sites (tertiary alicyclic amines) is 1. The van der Waals surface area contributed by atoms with Crippen LogP contribution in [0.5, 0.6) is 0 Å². The van der Waals surface area contributed by atoms with Crippen LogP contribution in [0.25, 0.3) is 0 Å². The average molecular weight is 401 g/mol. The van der Waals surface area contributed by atoms with E-state index in [-0.39, 0.29) is 24.0 Å². The molecule has 0 atom stereocenters. The molecule has 1 heterocycles. The summed E-state index contributed by atoms with van der Waals surface area (Å²) < 4.78 is 0. The smallest absolute Gasteiger partial charge is 0.193 e. The Hall–Kier alpha value is -0.780. The molecule has 1 saturated heterocycles. The zero-order valence-corrected chi connectivity index (χ0v) is 15.8. The molecule has 4 heteroatoms. The molecule has 0 unspecified atom stereocenters. The Bertz CT molecular complexity index is 465. The van der Waals surface area contributed by atoms with Gasteiger partial charge in [0.05, 0.1) is 0 Å². The van der Waals surface area contributed by atoms with Crippen LogP contribution < -0.4 is 5.32 Å². The van der Waals surface area contributed by atoms with Gasteiger partial charge in [0.2, 0.25) is 0 Å². The Morgan fingerprint density at radius 1 is 1.24 bits per heavy atom. The number of nitrogens with one attached hydrogen (secondary N) is 1. The molecule has 1 fully saturated rings. The fourth-order valence-corrected chi connectivity index (χ4v) is 2.76. The van der Waals surface area contributed by atoms with Crippen molar-refractivity contribution in [1.82, 2.24) is 10.2 Å². The first-order valence-corrected chi connectivity index (χ1v) is 7.80. The minimum atomic E-state index is 0. The standard InChI is InChI=1S/C17H27N3.HI/c1-4-18-17(20-11-5-6-12-20)19-10-9-16-8-7-14(2)13-15(16)3;/h7-8,13H,4-6,9-12H2,1-3H3,(H,18,19);1H. The summed E-state index contributed by atoms with van der Waals surface area (Å²) in [5.41, 5.74) is 4.13. The van der Waals surface area contributed by atoms with Crippen molar-refractivity contribution < 1.29 is 0 Å². The van der Waals surface area contributed by atoms with Crippen molar-refractivity contribution in [1.29, 1.82) is 0 Å². The molecule has 3 nitrogen and oxygen atoms in total.